The highest BCUT2D eigenvalue weighted by atomic mass is 32.2. The first-order valence-electron chi connectivity index (χ1n) is 5.20. The van der Waals surface area contributed by atoms with Crippen molar-refractivity contribution in [2.75, 3.05) is 12.0 Å². The second-order valence-corrected chi connectivity index (χ2v) is 6.21. The van der Waals surface area contributed by atoms with Crippen LogP contribution in [0, 0.1) is 0 Å². The fourth-order valence-corrected chi connectivity index (χ4v) is 2.32. The molecule has 1 aromatic heterocycles. The summed E-state index contributed by atoms with van der Waals surface area (Å²) in [5.74, 6) is -1.35. The summed E-state index contributed by atoms with van der Waals surface area (Å²) in [5.41, 5.74) is 0.0375. The zero-order valence-corrected chi connectivity index (χ0v) is 10.5. The molecule has 2 aromatic rings. The molecule has 1 N–H and O–H groups in total. The van der Waals surface area contributed by atoms with Crippen molar-refractivity contribution in [1.29, 1.82) is 0 Å². The van der Waals surface area contributed by atoms with E-state index in [1.54, 1.807) is 24.3 Å². The van der Waals surface area contributed by atoms with Crippen molar-refractivity contribution in [2.24, 2.45) is 0 Å². The molecule has 0 aliphatic heterocycles. The van der Waals surface area contributed by atoms with E-state index in [1.165, 1.54) is 6.20 Å². The van der Waals surface area contributed by atoms with Crippen LogP contribution in [0.25, 0.3) is 10.9 Å². The number of H-pyrrole nitrogens is 1. The van der Waals surface area contributed by atoms with Crippen LogP contribution in [0.15, 0.2) is 35.3 Å². The highest BCUT2D eigenvalue weighted by Crippen LogP contribution is 2.07. The predicted octanol–water partition coefficient (Wildman–Crippen LogP) is 0.755. The predicted molar refractivity (Wildman–Crippen MR) is 68.6 cm³/mol. The van der Waals surface area contributed by atoms with Crippen molar-refractivity contribution in [2.45, 2.75) is 0 Å². The van der Waals surface area contributed by atoms with E-state index in [0.717, 1.165) is 6.26 Å². The first-order chi connectivity index (χ1) is 8.38. The fourth-order valence-electron chi connectivity index (χ4n) is 1.69. The Morgan fingerprint density at radius 2 is 1.94 bits per heavy atom. The highest BCUT2D eigenvalue weighted by molar-refractivity contribution is 7.91. The maximum Gasteiger partial charge on any atom is 0.200 e. The summed E-state index contributed by atoms with van der Waals surface area (Å²) < 4.78 is 22.1. The number of aromatic nitrogens is 1. The summed E-state index contributed by atoms with van der Waals surface area (Å²) in [6.07, 6.45) is 2.22. The summed E-state index contributed by atoms with van der Waals surface area (Å²) in [4.78, 5) is 26.6. The number of ketones is 1. The largest absolute Gasteiger partial charge is 0.360 e. The molecule has 0 unspecified atom stereocenters. The maximum atomic E-state index is 12.0. The van der Waals surface area contributed by atoms with Gasteiger partial charge in [-0.05, 0) is 12.1 Å². The molecular formula is C12H11NO4S. The minimum Gasteiger partial charge on any atom is -0.360 e. The molecule has 0 aliphatic rings. The van der Waals surface area contributed by atoms with Crippen molar-refractivity contribution in [3.8, 4) is 0 Å². The number of Topliss-reactive ketones (excluding diaryl/α,β-unsaturated/α-hetero) is 1. The van der Waals surface area contributed by atoms with Gasteiger partial charge in [0.05, 0.1) is 5.56 Å². The Bertz CT molecular complexity index is 774. The second kappa shape index (κ2) is 4.38. The van der Waals surface area contributed by atoms with E-state index in [9.17, 15) is 18.0 Å². The summed E-state index contributed by atoms with van der Waals surface area (Å²) >= 11 is 0. The lowest BCUT2D eigenvalue weighted by Crippen LogP contribution is -2.22. The van der Waals surface area contributed by atoms with Gasteiger partial charge in [0.2, 0.25) is 0 Å². The number of benzene rings is 1. The van der Waals surface area contributed by atoms with E-state index in [4.69, 9.17) is 0 Å². The van der Waals surface area contributed by atoms with Gasteiger partial charge in [-0.2, -0.15) is 0 Å². The van der Waals surface area contributed by atoms with E-state index in [0.29, 0.717) is 10.9 Å². The molecule has 0 spiro atoms. The van der Waals surface area contributed by atoms with E-state index < -0.39 is 26.8 Å². The van der Waals surface area contributed by atoms with Crippen LogP contribution in [0.5, 0.6) is 0 Å². The first-order valence-corrected chi connectivity index (χ1v) is 7.26. The van der Waals surface area contributed by atoms with Gasteiger partial charge in [0.15, 0.2) is 21.0 Å². The number of para-hydroxylation sites is 1. The lowest BCUT2D eigenvalue weighted by molar-refractivity contribution is 0.102. The van der Waals surface area contributed by atoms with Gasteiger partial charge in [-0.25, -0.2) is 8.42 Å². The summed E-state index contributed by atoms with van der Waals surface area (Å²) in [5, 5.41) is 0.372. The van der Waals surface area contributed by atoms with Gasteiger partial charge in [0.1, 0.15) is 5.75 Å². The third-order valence-corrected chi connectivity index (χ3v) is 3.27. The molecule has 94 valence electrons. The molecule has 1 aromatic carbocycles. The molecule has 0 aliphatic carbocycles. The highest BCUT2D eigenvalue weighted by Gasteiger charge is 2.17. The Balaban J connectivity index is 2.57. The molecule has 0 fully saturated rings. The second-order valence-electron chi connectivity index (χ2n) is 4.07. The Morgan fingerprint density at radius 3 is 2.61 bits per heavy atom. The van der Waals surface area contributed by atoms with Crippen LogP contribution < -0.4 is 5.43 Å². The SMILES string of the molecule is CS(=O)(=O)CC(=O)c1c[nH]c2ccccc2c1=O. The smallest absolute Gasteiger partial charge is 0.200 e. The van der Waals surface area contributed by atoms with Crippen LogP contribution in [0.2, 0.25) is 0 Å². The molecule has 1 heterocycles. The average molecular weight is 265 g/mol. The van der Waals surface area contributed by atoms with Gasteiger partial charge in [-0.3, -0.25) is 9.59 Å². The molecule has 0 radical (unpaired) electrons. The third-order valence-electron chi connectivity index (χ3n) is 2.48. The number of sulfone groups is 1. The van der Waals surface area contributed by atoms with Crippen LogP contribution >= 0.6 is 0 Å². The summed E-state index contributed by atoms with van der Waals surface area (Å²) in [6.45, 7) is 0. The normalized spacial score (nSPS) is 11.6. The number of aromatic amines is 1. The minimum atomic E-state index is -3.44. The molecule has 18 heavy (non-hydrogen) atoms. The fraction of sp³-hybridized carbons (Fsp3) is 0.167. The van der Waals surface area contributed by atoms with E-state index >= 15 is 0 Å². The van der Waals surface area contributed by atoms with Gasteiger partial charge >= 0.3 is 0 Å². The van der Waals surface area contributed by atoms with E-state index in [1.807, 2.05) is 0 Å². The van der Waals surface area contributed by atoms with Crippen LogP contribution in [0.1, 0.15) is 10.4 Å². The summed E-state index contributed by atoms with van der Waals surface area (Å²) in [6, 6.07) is 6.74. The minimum absolute atomic E-state index is 0.126. The van der Waals surface area contributed by atoms with Gasteiger partial charge in [-0.15, -0.1) is 0 Å². The lowest BCUT2D eigenvalue weighted by atomic mass is 10.1. The molecule has 5 nitrogen and oxygen atoms in total. The Kier molecular flexibility index (Phi) is 3.04. The zero-order valence-electron chi connectivity index (χ0n) is 9.64. The zero-order chi connectivity index (χ0) is 13.3. The Labute approximate surface area is 103 Å². The molecule has 6 heteroatoms. The van der Waals surface area contributed by atoms with Crippen molar-refractivity contribution in [3.05, 3.63) is 46.2 Å². The van der Waals surface area contributed by atoms with Gasteiger partial charge < -0.3 is 4.98 Å². The maximum absolute atomic E-state index is 12.0. The molecule has 0 saturated heterocycles. The standard InChI is InChI=1S/C12H11NO4S/c1-18(16,17)7-11(14)9-6-13-10-5-3-2-4-8(10)12(9)15/h2-6H,7H2,1H3,(H,13,15). The topological polar surface area (TPSA) is 84.1 Å². The molecule has 2 rings (SSSR count). The van der Waals surface area contributed by atoms with E-state index in [-0.39, 0.29) is 5.56 Å². The average Bonchev–Trinajstić information content (AvgIpc) is 2.27. The Morgan fingerprint density at radius 1 is 1.28 bits per heavy atom. The number of carbonyl (C=O) groups is 1. The molecule has 0 bridgehead atoms. The van der Waals surface area contributed by atoms with Gasteiger partial charge in [0, 0.05) is 23.4 Å². The number of nitrogens with one attached hydrogen (secondary N) is 1. The van der Waals surface area contributed by atoms with Crippen LogP contribution in [0.3, 0.4) is 0 Å². The molecule has 0 saturated carbocycles. The number of hydrogen-bond acceptors (Lipinski definition) is 4. The number of carbonyl (C=O) groups excluding carboxylic acids is 1. The quantitative estimate of drug-likeness (QED) is 0.830. The van der Waals surface area contributed by atoms with Crippen LogP contribution in [-0.4, -0.2) is 31.2 Å². The Hall–Kier alpha value is -1.95. The van der Waals surface area contributed by atoms with Crippen molar-refractivity contribution >= 4 is 26.5 Å². The monoisotopic (exact) mass is 265 g/mol. The van der Waals surface area contributed by atoms with Crippen LogP contribution in [0.4, 0.5) is 0 Å². The first kappa shape index (κ1) is 12.5. The van der Waals surface area contributed by atoms with E-state index in [2.05, 4.69) is 4.98 Å². The number of pyridine rings is 1. The van der Waals surface area contributed by atoms with Crippen molar-refractivity contribution in [1.82, 2.24) is 4.98 Å². The number of rotatable bonds is 3. The molecule has 0 amide bonds. The number of fused-ring (bicyclic) bond motifs is 1. The van der Waals surface area contributed by atoms with Crippen molar-refractivity contribution in [3.63, 3.8) is 0 Å². The number of hydrogen-bond donors (Lipinski definition) is 1. The van der Waals surface area contributed by atoms with Crippen molar-refractivity contribution < 1.29 is 13.2 Å². The molecule has 0 atom stereocenters. The summed E-state index contributed by atoms with van der Waals surface area (Å²) in [7, 11) is -3.44. The van der Waals surface area contributed by atoms with Gasteiger partial charge in [-0.1, -0.05) is 12.1 Å². The third kappa shape index (κ3) is 2.48. The van der Waals surface area contributed by atoms with Gasteiger partial charge in [0.25, 0.3) is 0 Å². The molecular weight excluding hydrogens is 254 g/mol. The lowest BCUT2D eigenvalue weighted by Gasteiger charge is -2.01. The van der Waals surface area contributed by atoms with Crippen LogP contribution in [-0.2, 0) is 9.84 Å².